The lowest BCUT2D eigenvalue weighted by Crippen LogP contribution is -2.28. The summed E-state index contributed by atoms with van der Waals surface area (Å²) in [4.78, 5) is 11.6. The Kier molecular flexibility index (Phi) is 6.06. The van der Waals surface area contributed by atoms with Gasteiger partial charge in [0.25, 0.3) is 5.91 Å². The molecule has 0 fully saturated rings. The van der Waals surface area contributed by atoms with Crippen molar-refractivity contribution < 1.29 is 9.53 Å². The van der Waals surface area contributed by atoms with E-state index in [-0.39, 0.29) is 5.91 Å². The second kappa shape index (κ2) is 7.65. The molecule has 0 aliphatic carbocycles. The molecule has 1 aromatic carbocycles. The summed E-state index contributed by atoms with van der Waals surface area (Å²) in [5.74, 6) is -0.109. The maximum atomic E-state index is 11.6. The van der Waals surface area contributed by atoms with E-state index in [2.05, 4.69) is 10.6 Å². The lowest BCUT2D eigenvalue weighted by atomic mass is 10.2. The van der Waals surface area contributed by atoms with E-state index < -0.39 is 0 Å². The molecule has 0 bridgehead atoms. The fraction of sp³-hybridized carbons (Fsp3) is 0.417. The minimum atomic E-state index is -0.109. The molecule has 5 nitrogen and oxygen atoms in total. The lowest BCUT2D eigenvalue weighted by molar-refractivity contribution is 0.0917. The van der Waals surface area contributed by atoms with Crippen LogP contribution < -0.4 is 16.4 Å². The highest BCUT2D eigenvalue weighted by molar-refractivity contribution is 5.94. The molecule has 1 amide bonds. The molecule has 0 aliphatic heterocycles. The van der Waals surface area contributed by atoms with Crippen molar-refractivity contribution in [2.24, 2.45) is 0 Å². The average molecular weight is 237 g/mol. The Bertz CT molecular complexity index is 338. The number of anilines is 1. The maximum absolute atomic E-state index is 11.6. The topological polar surface area (TPSA) is 76.4 Å². The first-order valence-electron chi connectivity index (χ1n) is 5.60. The van der Waals surface area contributed by atoms with Crippen molar-refractivity contribution in [3.63, 3.8) is 0 Å². The van der Waals surface area contributed by atoms with E-state index >= 15 is 0 Å². The molecule has 5 heteroatoms. The number of likely N-dealkylation sites (N-methyl/N-ethyl adjacent to an activating group) is 1. The number of ether oxygens (including phenoxy) is 1. The van der Waals surface area contributed by atoms with Gasteiger partial charge in [-0.1, -0.05) is 0 Å². The summed E-state index contributed by atoms with van der Waals surface area (Å²) in [5.41, 5.74) is 6.79. The van der Waals surface area contributed by atoms with E-state index in [9.17, 15) is 4.79 Å². The van der Waals surface area contributed by atoms with Gasteiger partial charge in [-0.25, -0.2) is 0 Å². The summed E-state index contributed by atoms with van der Waals surface area (Å²) in [6, 6.07) is 6.82. The quantitative estimate of drug-likeness (QED) is 0.469. The molecule has 0 aliphatic rings. The van der Waals surface area contributed by atoms with Gasteiger partial charge in [-0.3, -0.25) is 4.79 Å². The molecule has 4 N–H and O–H groups in total. The smallest absolute Gasteiger partial charge is 0.251 e. The van der Waals surface area contributed by atoms with Gasteiger partial charge in [0.05, 0.1) is 13.2 Å². The van der Waals surface area contributed by atoms with Crippen LogP contribution in [0.5, 0.6) is 0 Å². The van der Waals surface area contributed by atoms with Crippen LogP contribution in [0, 0.1) is 0 Å². The maximum Gasteiger partial charge on any atom is 0.251 e. The van der Waals surface area contributed by atoms with Crippen molar-refractivity contribution in [1.82, 2.24) is 10.6 Å². The molecule has 0 radical (unpaired) electrons. The van der Waals surface area contributed by atoms with Crippen LogP contribution in [0.15, 0.2) is 24.3 Å². The van der Waals surface area contributed by atoms with Crippen molar-refractivity contribution in [1.29, 1.82) is 0 Å². The fourth-order valence-corrected chi connectivity index (χ4v) is 1.25. The van der Waals surface area contributed by atoms with Crippen LogP contribution >= 0.6 is 0 Å². The second-order valence-corrected chi connectivity index (χ2v) is 3.59. The van der Waals surface area contributed by atoms with Crippen LogP contribution in [-0.2, 0) is 4.74 Å². The zero-order chi connectivity index (χ0) is 12.5. The third-order valence-corrected chi connectivity index (χ3v) is 2.20. The van der Waals surface area contributed by atoms with Crippen LogP contribution in [0.2, 0.25) is 0 Å². The van der Waals surface area contributed by atoms with Crippen molar-refractivity contribution in [3.8, 4) is 0 Å². The molecule has 0 saturated heterocycles. The molecular formula is C12H19N3O2. The average Bonchev–Trinajstić information content (AvgIpc) is 2.34. The van der Waals surface area contributed by atoms with Crippen LogP contribution in [0.25, 0.3) is 0 Å². The SMILES string of the molecule is CNCCOCCNC(=O)c1ccc(N)cc1. The van der Waals surface area contributed by atoms with Gasteiger partial charge in [0, 0.05) is 24.3 Å². The Morgan fingerprint density at radius 2 is 1.88 bits per heavy atom. The predicted molar refractivity (Wildman–Crippen MR) is 67.9 cm³/mol. The van der Waals surface area contributed by atoms with Crippen molar-refractivity contribution in [2.75, 3.05) is 39.1 Å². The highest BCUT2D eigenvalue weighted by atomic mass is 16.5. The molecule has 1 rings (SSSR count). The van der Waals surface area contributed by atoms with E-state index in [1.165, 1.54) is 0 Å². The highest BCUT2D eigenvalue weighted by Crippen LogP contribution is 2.04. The summed E-state index contributed by atoms with van der Waals surface area (Å²) >= 11 is 0. The third kappa shape index (κ3) is 5.33. The summed E-state index contributed by atoms with van der Waals surface area (Å²) in [6.07, 6.45) is 0. The number of benzene rings is 1. The number of hydrogen-bond donors (Lipinski definition) is 3. The molecule has 17 heavy (non-hydrogen) atoms. The van der Waals surface area contributed by atoms with Crippen molar-refractivity contribution in [2.45, 2.75) is 0 Å². The van der Waals surface area contributed by atoms with E-state index in [0.717, 1.165) is 6.54 Å². The van der Waals surface area contributed by atoms with Crippen LogP contribution in [0.3, 0.4) is 0 Å². The predicted octanol–water partition coefficient (Wildman–Crippen LogP) is 0.235. The number of nitrogens with two attached hydrogens (primary N) is 1. The number of amides is 1. The number of nitrogens with one attached hydrogen (secondary N) is 2. The van der Waals surface area contributed by atoms with E-state index in [1.807, 2.05) is 7.05 Å². The summed E-state index contributed by atoms with van der Waals surface area (Å²) in [6.45, 7) is 2.48. The van der Waals surface area contributed by atoms with E-state index in [4.69, 9.17) is 10.5 Å². The number of nitrogen functional groups attached to an aromatic ring is 1. The Morgan fingerprint density at radius 3 is 2.53 bits per heavy atom. The van der Waals surface area contributed by atoms with Crippen molar-refractivity contribution in [3.05, 3.63) is 29.8 Å². The summed E-state index contributed by atoms with van der Waals surface area (Å²) in [7, 11) is 1.87. The van der Waals surface area contributed by atoms with Gasteiger partial charge in [0.2, 0.25) is 0 Å². The van der Waals surface area contributed by atoms with Crippen LogP contribution in [0.4, 0.5) is 5.69 Å². The molecule has 0 unspecified atom stereocenters. The van der Waals surface area contributed by atoms with Gasteiger partial charge in [-0.2, -0.15) is 0 Å². The standard InChI is InChI=1S/C12H19N3O2/c1-14-6-8-17-9-7-15-12(16)10-2-4-11(13)5-3-10/h2-5,14H,6-9,13H2,1H3,(H,15,16). The minimum absolute atomic E-state index is 0.109. The first-order valence-corrected chi connectivity index (χ1v) is 5.60. The molecule has 0 saturated carbocycles. The number of hydrogen-bond acceptors (Lipinski definition) is 4. The summed E-state index contributed by atoms with van der Waals surface area (Å²) < 4.78 is 5.28. The third-order valence-electron chi connectivity index (χ3n) is 2.20. The van der Waals surface area contributed by atoms with Gasteiger partial charge in [-0.05, 0) is 31.3 Å². The molecule has 0 heterocycles. The highest BCUT2D eigenvalue weighted by Gasteiger charge is 2.03. The first-order chi connectivity index (χ1) is 8.24. The fourth-order valence-electron chi connectivity index (χ4n) is 1.25. The monoisotopic (exact) mass is 237 g/mol. The summed E-state index contributed by atoms with van der Waals surface area (Å²) in [5, 5.41) is 5.74. The Balaban J connectivity index is 2.19. The minimum Gasteiger partial charge on any atom is -0.399 e. The Hall–Kier alpha value is -1.59. The molecule has 1 aromatic rings. The van der Waals surface area contributed by atoms with E-state index in [1.54, 1.807) is 24.3 Å². The van der Waals surface area contributed by atoms with Gasteiger partial charge in [0.15, 0.2) is 0 Å². The number of rotatable bonds is 7. The van der Waals surface area contributed by atoms with Crippen LogP contribution in [-0.4, -0.2) is 39.3 Å². The van der Waals surface area contributed by atoms with Gasteiger partial charge in [-0.15, -0.1) is 0 Å². The molecule has 0 spiro atoms. The second-order valence-electron chi connectivity index (χ2n) is 3.59. The normalized spacial score (nSPS) is 10.2. The molecule has 0 atom stereocenters. The van der Waals surface area contributed by atoms with Gasteiger partial charge >= 0.3 is 0 Å². The Labute approximate surface area is 101 Å². The van der Waals surface area contributed by atoms with Gasteiger partial charge < -0.3 is 21.1 Å². The largest absolute Gasteiger partial charge is 0.399 e. The molecule has 94 valence electrons. The molecular weight excluding hydrogens is 218 g/mol. The first kappa shape index (κ1) is 13.5. The molecule has 0 aromatic heterocycles. The number of carbonyl (C=O) groups excluding carboxylic acids is 1. The van der Waals surface area contributed by atoms with Crippen molar-refractivity contribution >= 4 is 11.6 Å². The number of carbonyl (C=O) groups is 1. The Morgan fingerprint density at radius 1 is 1.24 bits per heavy atom. The van der Waals surface area contributed by atoms with Gasteiger partial charge in [0.1, 0.15) is 0 Å². The lowest BCUT2D eigenvalue weighted by Gasteiger charge is -2.06. The van der Waals surface area contributed by atoms with Crippen LogP contribution in [0.1, 0.15) is 10.4 Å². The zero-order valence-electron chi connectivity index (χ0n) is 10.0. The zero-order valence-corrected chi connectivity index (χ0v) is 10.0. The van der Waals surface area contributed by atoms with E-state index in [0.29, 0.717) is 31.0 Å².